The van der Waals surface area contributed by atoms with E-state index in [1.54, 1.807) is 18.0 Å². The molecule has 2 N–H and O–H groups in total. The third-order valence-electron chi connectivity index (χ3n) is 2.35. The van der Waals surface area contributed by atoms with E-state index in [2.05, 4.69) is 20.5 Å². The highest BCUT2D eigenvalue weighted by Gasteiger charge is 2.08. The first-order chi connectivity index (χ1) is 8.81. The van der Waals surface area contributed by atoms with Gasteiger partial charge in [-0.05, 0) is 6.42 Å². The molecule has 8 nitrogen and oxygen atoms in total. The smallest absolute Gasteiger partial charge is 0.248 e. The SMILES string of the molecule is COCCCc1noc(Cn2cc(CN)nn2)n1. The molecule has 0 aliphatic heterocycles. The summed E-state index contributed by atoms with van der Waals surface area (Å²) in [4.78, 5) is 4.26. The Morgan fingerprint density at radius 1 is 1.50 bits per heavy atom. The van der Waals surface area contributed by atoms with Crippen LogP contribution in [-0.2, 0) is 24.2 Å². The largest absolute Gasteiger partial charge is 0.385 e. The number of ether oxygens (including phenoxy) is 1. The summed E-state index contributed by atoms with van der Waals surface area (Å²) in [5, 5.41) is 11.7. The second-order valence-electron chi connectivity index (χ2n) is 3.81. The van der Waals surface area contributed by atoms with E-state index < -0.39 is 0 Å². The first-order valence-electron chi connectivity index (χ1n) is 5.71. The van der Waals surface area contributed by atoms with Crippen LogP contribution in [0, 0.1) is 0 Å². The van der Waals surface area contributed by atoms with Crippen molar-refractivity contribution < 1.29 is 9.26 Å². The van der Waals surface area contributed by atoms with Gasteiger partial charge < -0.3 is 15.0 Å². The quantitative estimate of drug-likeness (QED) is 0.677. The lowest BCUT2D eigenvalue weighted by Gasteiger charge is -1.93. The molecule has 0 radical (unpaired) electrons. The molecule has 0 fully saturated rings. The second-order valence-corrected chi connectivity index (χ2v) is 3.81. The molecule has 0 aliphatic rings. The molecule has 0 spiro atoms. The number of rotatable bonds is 7. The maximum Gasteiger partial charge on any atom is 0.248 e. The normalized spacial score (nSPS) is 11.0. The number of aromatic nitrogens is 5. The molecule has 2 aromatic heterocycles. The van der Waals surface area contributed by atoms with Crippen LogP contribution in [0.5, 0.6) is 0 Å². The van der Waals surface area contributed by atoms with Gasteiger partial charge in [0, 0.05) is 26.7 Å². The van der Waals surface area contributed by atoms with Crippen molar-refractivity contribution >= 4 is 0 Å². The minimum Gasteiger partial charge on any atom is -0.385 e. The first kappa shape index (κ1) is 12.7. The average Bonchev–Trinajstić information content (AvgIpc) is 3.00. The Bertz CT molecular complexity index is 480. The Labute approximate surface area is 104 Å². The van der Waals surface area contributed by atoms with Crippen molar-refractivity contribution in [3.05, 3.63) is 23.6 Å². The fraction of sp³-hybridized carbons (Fsp3) is 0.600. The standard InChI is InChI=1S/C10H16N6O2/c1-17-4-2-3-9-12-10(18-14-9)7-16-6-8(5-11)13-15-16/h6H,2-5,7,11H2,1H3. The molecular formula is C10H16N6O2. The van der Waals surface area contributed by atoms with Gasteiger partial charge >= 0.3 is 0 Å². The highest BCUT2D eigenvalue weighted by Crippen LogP contribution is 2.03. The third-order valence-corrected chi connectivity index (χ3v) is 2.35. The number of methoxy groups -OCH3 is 1. The molecule has 0 amide bonds. The Kier molecular flexibility index (Phi) is 4.37. The van der Waals surface area contributed by atoms with E-state index in [9.17, 15) is 0 Å². The van der Waals surface area contributed by atoms with Crippen molar-refractivity contribution in [2.75, 3.05) is 13.7 Å². The van der Waals surface area contributed by atoms with Crippen LogP contribution in [0.2, 0.25) is 0 Å². The van der Waals surface area contributed by atoms with Crippen molar-refractivity contribution in [3.63, 3.8) is 0 Å². The average molecular weight is 252 g/mol. The van der Waals surface area contributed by atoms with E-state index in [1.807, 2.05) is 0 Å². The minimum absolute atomic E-state index is 0.367. The molecular weight excluding hydrogens is 236 g/mol. The molecule has 0 atom stereocenters. The fourth-order valence-corrected chi connectivity index (χ4v) is 1.48. The second kappa shape index (κ2) is 6.22. The summed E-state index contributed by atoms with van der Waals surface area (Å²) in [5.41, 5.74) is 6.18. The van der Waals surface area contributed by atoms with Crippen molar-refractivity contribution in [1.82, 2.24) is 25.1 Å². The van der Waals surface area contributed by atoms with Gasteiger partial charge in [0.25, 0.3) is 0 Å². The molecule has 2 heterocycles. The van der Waals surface area contributed by atoms with Crippen LogP contribution in [0.15, 0.2) is 10.7 Å². The predicted octanol–water partition coefficient (Wildman–Crippen LogP) is -0.253. The van der Waals surface area contributed by atoms with Gasteiger partial charge in [0.2, 0.25) is 5.89 Å². The summed E-state index contributed by atoms with van der Waals surface area (Å²) in [6.07, 6.45) is 3.37. The Morgan fingerprint density at radius 3 is 3.11 bits per heavy atom. The summed E-state index contributed by atoms with van der Waals surface area (Å²) < 4.78 is 11.7. The minimum atomic E-state index is 0.367. The van der Waals surface area contributed by atoms with Crippen LogP contribution in [-0.4, -0.2) is 38.9 Å². The zero-order valence-electron chi connectivity index (χ0n) is 10.2. The number of hydrogen-bond acceptors (Lipinski definition) is 7. The Hall–Kier alpha value is -1.80. The zero-order valence-corrected chi connectivity index (χ0v) is 10.2. The van der Waals surface area contributed by atoms with Crippen LogP contribution >= 0.6 is 0 Å². The first-order valence-corrected chi connectivity index (χ1v) is 5.71. The lowest BCUT2D eigenvalue weighted by molar-refractivity contribution is 0.194. The lowest BCUT2D eigenvalue weighted by Crippen LogP contribution is -2.01. The van der Waals surface area contributed by atoms with E-state index >= 15 is 0 Å². The van der Waals surface area contributed by atoms with Gasteiger partial charge in [-0.3, -0.25) is 0 Å². The fourth-order valence-electron chi connectivity index (χ4n) is 1.48. The van der Waals surface area contributed by atoms with E-state index in [-0.39, 0.29) is 0 Å². The van der Waals surface area contributed by atoms with Crippen molar-refractivity contribution in [2.24, 2.45) is 5.73 Å². The van der Waals surface area contributed by atoms with E-state index in [0.29, 0.717) is 31.4 Å². The molecule has 98 valence electrons. The molecule has 0 saturated carbocycles. The van der Waals surface area contributed by atoms with Gasteiger partial charge in [0.1, 0.15) is 6.54 Å². The topological polar surface area (TPSA) is 105 Å². The van der Waals surface area contributed by atoms with Gasteiger partial charge in [0.05, 0.1) is 11.9 Å². The molecule has 0 aliphatic carbocycles. The highest BCUT2D eigenvalue weighted by molar-refractivity contribution is 4.93. The molecule has 0 bridgehead atoms. The van der Waals surface area contributed by atoms with E-state index in [1.165, 1.54) is 0 Å². The van der Waals surface area contributed by atoms with Crippen LogP contribution in [0.1, 0.15) is 23.8 Å². The molecule has 0 saturated heterocycles. The highest BCUT2D eigenvalue weighted by atomic mass is 16.5. The summed E-state index contributed by atoms with van der Waals surface area (Å²) in [6.45, 7) is 1.46. The van der Waals surface area contributed by atoms with Gasteiger partial charge in [-0.1, -0.05) is 10.4 Å². The zero-order chi connectivity index (χ0) is 12.8. The number of aryl methyl sites for hydroxylation is 1. The van der Waals surface area contributed by atoms with Crippen LogP contribution in [0.4, 0.5) is 0 Å². The third kappa shape index (κ3) is 3.34. The van der Waals surface area contributed by atoms with Gasteiger partial charge in [-0.15, -0.1) is 5.10 Å². The van der Waals surface area contributed by atoms with E-state index in [0.717, 1.165) is 18.5 Å². The van der Waals surface area contributed by atoms with Crippen molar-refractivity contribution in [2.45, 2.75) is 25.9 Å². The van der Waals surface area contributed by atoms with Gasteiger partial charge in [0.15, 0.2) is 5.82 Å². The number of nitrogens with zero attached hydrogens (tertiary/aromatic N) is 5. The Balaban J connectivity index is 1.89. The maximum atomic E-state index is 5.45. The number of nitrogens with two attached hydrogens (primary N) is 1. The van der Waals surface area contributed by atoms with Crippen molar-refractivity contribution in [3.8, 4) is 0 Å². The van der Waals surface area contributed by atoms with Gasteiger partial charge in [-0.2, -0.15) is 4.98 Å². The van der Waals surface area contributed by atoms with Crippen molar-refractivity contribution in [1.29, 1.82) is 0 Å². The van der Waals surface area contributed by atoms with E-state index in [4.69, 9.17) is 15.0 Å². The predicted molar refractivity (Wildman–Crippen MR) is 61.5 cm³/mol. The molecule has 2 rings (SSSR count). The van der Waals surface area contributed by atoms with Crippen LogP contribution in [0.3, 0.4) is 0 Å². The Morgan fingerprint density at radius 2 is 2.39 bits per heavy atom. The van der Waals surface area contributed by atoms with Crippen LogP contribution < -0.4 is 5.73 Å². The molecule has 8 heteroatoms. The lowest BCUT2D eigenvalue weighted by atomic mass is 10.3. The van der Waals surface area contributed by atoms with Gasteiger partial charge in [-0.25, -0.2) is 4.68 Å². The van der Waals surface area contributed by atoms with Crippen LogP contribution in [0.25, 0.3) is 0 Å². The maximum absolute atomic E-state index is 5.45. The summed E-state index contributed by atoms with van der Waals surface area (Å²) >= 11 is 0. The summed E-state index contributed by atoms with van der Waals surface area (Å²) in [5.74, 6) is 1.19. The molecule has 2 aromatic rings. The molecule has 0 unspecified atom stereocenters. The summed E-state index contributed by atoms with van der Waals surface area (Å²) in [6, 6.07) is 0. The summed E-state index contributed by atoms with van der Waals surface area (Å²) in [7, 11) is 1.67. The monoisotopic (exact) mass is 252 g/mol. The number of hydrogen-bond donors (Lipinski definition) is 1. The molecule has 0 aromatic carbocycles. The molecule has 18 heavy (non-hydrogen) atoms.